The van der Waals surface area contributed by atoms with Gasteiger partial charge in [0.1, 0.15) is 24.1 Å². The Morgan fingerprint density at radius 1 is 1.12 bits per heavy atom. The van der Waals surface area contributed by atoms with E-state index in [1.807, 2.05) is 13.0 Å². The zero-order valence-corrected chi connectivity index (χ0v) is 23.0. The van der Waals surface area contributed by atoms with Gasteiger partial charge in [0.15, 0.2) is 0 Å². The van der Waals surface area contributed by atoms with Gasteiger partial charge in [0.2, 0.25) is 0 Å². The summed E-state index contributed by atoms with van der Waals surface area (Å²) in [5.41, 5.74) is 0.890. The number of aromatic nitrogens is 2. The molecule has 1 aliphatic rings. The van der Waals surface area contributed by atoms with Gasteiger partial charge in [0, 0.05) is 28.9 Å². The molecule has 11 heteroatoms. The van der Waals surface area contributed by atoms with Crippen LogP contribution < -0.4 is 20.3 Å². The molecule has 0 aliphatic carbocycles. The number of nitrogens with one attached hydrogen (secondary N) is 2. The fourth-order valence-corrected chi connectivity index (χ4v) is 4.85. The number of halogens is 2. The number of nitrogens with zero attached hydrogens (tertiary/aromatic N) is 4. The van der Waals surface area contributed by atoms with E-state index in [2.05, 4.69) is 15.7 Å². The molecule has 2 heterocycles. The van der Waals surface area contributed by atoms with Gasteiger partial charge in [0.05, 0.1) is 30.0 Å². The van der Waals surface area contributed by atoms with Crippen LogP contribution in [0.1, 0.15) is 44.5 Å². The van der Waals surface area contributed by atoms with Crippen LogP contribution in [0.3, 0.4) is 0 Å². The quantitative estimate of drug-likeness (QED) is 0.280. The van der Waals surface area contributed by atoms with Crippen LogP contribution in [0.25, 0.3) is 0 Å². The number of alkyl halides is 2. The smallest absolute Gasteiger partial charge is 0.298 e. The predicted molar refractivity (Wildman–Crippen MR) is 153 cm³/mol. The van der Waals surface area contributed by atoms with E-state index in [1.165, 1.54) is 64.3 Å². The molecular weight excluding hydrogens is 542 g/mol. The monoisotopic (exact) mass is 570 g/mol. The van der Waals surface area contributed by atoms with Gasteiger partial charge in [-0.15, -0.1) is 0 Å². The van der Waals surface area contributed by atoms with Crippen molar-refractivity contribution < 1.29 is 23.1 Å². The van der Waals surface area contributed by atoms with E-state index in [0.717, 1.165) is 0 Å². The highest BCUT2D eigenvalue weighted by Gasteiger charge is 2.37. The third-order valence-electron chi connectivity index (χ3n) is 7.00. The summed E-state index contributed by atoms with van der Waals surface area (Å²) in [5.74, 6) is -3.81. The molecule has 9 nitrogen and oxygen atoms in total. The Balaban J connectivity index is 1.36. The Morgan fingerprint density at radius 2 is 1.83 bits per heavy atom. The van der Waals surface area contributed by atoms with Crippen LogP contribution in [0.4, 0.5) is 20.2 Å². The number of rotatable bonds is 9. The third-order valence-corrected chi connectivity index (χ3v) is 7.00. The Labute approximate surface area is 241 Å². The molecule has 3 aromatic carbocycles. The van der Waals surface area contributed by atoms with Crippen molar-refractivity contribution in [1.29, 1.82) is 5.26 Å². The first kappa shape index (κ1) is 28.4. The second kappa shape index (κ2) is 11.8. The number of hydrogen-bond donors (Lipinski definition) is 2. The fraction of sp³-hybridized carbons (Fsp3) is 0.226. The first-order chi connectivity index (χ1) is 20.2. The summed E-state index contributed by atoms with van der Waals surface area (Å²) < 4.78 is 37.2. The van der Waals surface area contributed by atoms with Crippen LogP contribution in [0, 0.1) is 11.3 Å². The summed E-state index contributed by atoms with van der Waals surface area (Å²) in [5, 5.41) is 19.5. The second-order valence-corrected chi connectivity index (χ2v) is 9.83. The van der Waals surface area contributed by atoms with E-state index in [1.54, 1.807) is 31.3 Å². The molecule has 0 radical (unpaired) electrons. The molecule has 214 valence electrons. The van der Waals surface area contributed by atoms with Crippen molar-refractivity contribution in [2.75, 3.05) is 30.4 Å². The van der Waals surface area contributed by atoms with Crippen molar-refractivity contribution in [3.8, 4) is 11.8 Å². The normalized spacial score (nSPS) is 14.7. The first-order valence-electron chi connectivity index (χ1n) is 13.3. The maximum absolute atomic E-state index is 15.1. The Bertz CT molecular complexity index is 1650. The molecule has 0 fully saturated rings. The zero-order chi connectivity index (χ0) is 29.9. The molecule has 42 heavy (non-hydrogen) atoms. The SMILES string of the molecule is CNCCOc1ccc(C(=O)Nc2cnn3c2C(=O)N(c2ccc(C(F)(F)c4ccccc4)cc2)C(C)C3)cc1C#N. The highest BCUT2D eigenvalue weighted by Crippen LogP contribution is 2.37. The van der Waals surface area contributed by atoms with Crippen molar-refractivity contribution in [1.82, 2.24) is 15.1 Å². The minimum atomic E-state index is -3.20. The number of fused-ring (bicyclic) bond motifs is 1. The molecule has 0 spiro atoms. The summed E-state index contributed by atoms with van der Waals surface area (Å²) >= 11 is 0. The van der Waals surface area contributed by atoms with E-state index in [4.69, 9.17) is 4.74 Å². The van der Waals surface area contributed by atoms with Gasteiger partial charge < -0.3 is 20.3 Å². The van der Waals surface area contributed by atoms with E-state index >= 15 is 8.78 Å². The van der Waals surface area contributed by atoms with Gasteiger partial charge in [-0.2, -0.15) is 19.1 Å². The van der Waals surface area contributed by atoms with Crippen molar-refractivity contribution in [2.24, 2.45) is 0 Å². The largest absolute Gasteiger partial charge is 0.491 e. The minimum absolute atomic E-state index is 0.123. The predicted octanol–water partition coefficient (Wildman–Crippen LogP) is 4.79. The number of amides is 2. The molecule has 1 atom stereocenters. The van der Waals surface area contributed by atoms with Gasteiger partial charge in [-0.05, 0) is 44.3 Å². The number of hydrogen-bond acceptors (Lipinski definition) is 6. The number of benzene rings is 3. The van der Waals surface area contributed by atoms with Crippen LogP contribution in [-0.4, -0.2) is 47.8 Å². The molecule has 1 aromatic heterocycles. The maximum atomic E-state index is 15.1. The number of anilines is 2. The average Bonchev–Trinajstić information content (AvgIpc) is 3.40. The molecule has 1 unspecified atom stereocenters. The van der Waals surface area contributed by atoms with E-state index in [9.17, 15) is 14.9 Å². The molecule has 1 aliphatic heterocycles. The summed E-state index contributed by atoms with van der Waals surface area (Å²) in [6.45, 7) is 3.11. The van der Waals surface area contributed by atoms with Crippen LogP contribution in [0.2, 0.25) is 0 Å². The minimum Gasteiger partial charge on any atom is -0.491 e. The van der Waals surface area contributed by atoms with Gasteiger partial charge in [-0.25, -0.2) is 0 Å². The summed E-state index contributed by atoms with van der Waals surface area (Å²) in [6.07, 6.45) is 1.39. The molecule has 0 saturated heterocycles. The zero-order valence-electron chi connectivity index (χ0n) is 23.0. The van der Waals surface area contributed by atoms with Crippen molar-refractivity contribution in [3.63, 3.8) is 0 Å². The summed E-state index contributed by atoms with van der Waals surface area (Å²) in [4.78, 5) is 28.3. The molecular formula is C31H28F2N6O3. The van der Waals surface area contributed by atoms with E-state index < -0.39 is 17.7 Å². The number of likely N-dealkylation sites (N-methyl/N-ethyl adjacent to an activating group) is 1. The lowest BCUT2D eigenvalue weighted by atomic mass is 9.99. The van der Waals surface area contributed by atoms with Gasteiger partial charge >= 0.3 is 0 Å². The molecule has 2 amide bonds. The number of carbonyl (C=O) groups excluding carboxylic acids is 2. The number of nitriles is 1. The third kappa shape index (κ3) is 5.44. The van der Waals surface area contributed by atoms with E-state index in [0.29, 0.717) is 31.1 Å². The van der Waals surface area contributed by atoms with Crippen LogP contribution in [0.15, 0.2) is 79.0 Å². The van der Waals surface area contributed by atoms with Crippen LogP contribution in [-0.2, 0) is 12.5 Å². The Hall–Kier alpha value is -5.08. The summed E-state index contributed by atoms with van der Waals surface area (Å²) in [7, 11) is 1.78. The standard InChI is InChI=1S/C31H28F2N6O3/c1-20-19-38-28(26(18-36-38)37-29(40)21-8-13-27(22(16-21)17-34)42-15-14-35-2)30(41)39(20)25-11-9-24(10-12-25)31(32,33)23-6-4-3-5-7-23/h3-13,16,18,20,35H,14-15,19H2,1-2H3,(H,37,40). The Kier molecular flexibility index (Phi) is 7.99. The first-order valence-corrected chi connectivity index (χ1v) is 13.3. The highest BCUT2D eigenvalue weighted by molar-refractivity contribution is 6.13. The lowest BCUT2D eigenvalue weighted by Crippen LogP contribution is -2.47. The number of carbonyl (C=O) groups is 2. The molecule has 0 bridgehead atoms. The lowest BCUT2D eigenvalue weighted by molar-refractivity contribution is 0.0428. The molecule has 2 N–H and O–H groups in total. The topological polar surface area (TPSA) is 112 Å². The van der Waals surface area contributed by atoms with Crippen LogP contribution >= 0.6 is 0 Å². The van der Waals surface area contributed by atoms with Crippen molar-refractivity contribution >= 4 is 23.2 Å². The fourth-order valence-electron chi connectivity index (χ4n) is 4.85. The molecule has 0 saturated carbocycles. The van der Waals surface area contributed by atoms with Crippen molar-refractivity contribution in [3.05, 3.63) is 107 Å². The molecule has 4 aromatic rings. The highest BCUT2D eigenvalue weighted by atomic mass is 19.3. The lowest BCUT2D eigenvalue weighted by Gasteiger charge is -2.34. The Morgan fingerprint density at radius 3 is 2.52 bits per heavy atom. The van der Waals surface area contributed by atoms with Crippen LogP contribution in [0.5, 0.6) is 5.75 Å². The van der Waals surface area contributed by atoms with Gasteiger partial charge in [0.25, 0.3) is 17.7 Å². The average molecular weight is 571 g/mol. The van der Waals surface area contributed by atoms with E-state index in [-0.39, 0.29) is 39.7 Å². The second-order valence-electron chi connectivity index (χ2n) is 9.83. The maximum Gasteiger partial charge on any atom is 0.298 e. The molecule has 5 rings (SSSR count). The van der Waals surface area contributed by atoms with Gasteiger partial charge in [-0.1, -0.05) is 42.5 Å². The van der Waals surface area contributed by atoms with Crippen molar-refractivity contribution in [2.45, 2.75) is 25.4 Å². The number of ether oxygens (including phenoxy) is 1. The summed E-state index contributed by atoms with van der Waals surface area (Å²) in [6, 6.07) is 19.4. The van der Waals surface area contributed by atoms with Gasteiger partial charge in [-0.3, -0.25) is 14.3 Å².